The van der Waals surface area contributed by atoms with E-state index in [1.54, 1.807) is 0 Å². The zero-order chi connectivity index (χ0) is 19.8. The van der Waals surface area contributed by atoms with Crippen molar-refractivity contribution >= 4 is 17.8 Å². The number of halogens is 3. The Labute approximate surface area is 152 Å². The van der Waals surface area contributed by atoms with Crippen LogP contribution in [0.1, 0.15) is 43.0 Å². The summed E-state index contributed by atoms with van der Waals surface area (Å²) in [5.41, 5.74) is 1.19. The lowest BCUT2D eigenvalue weighted by Crippen LogP contribution is -2.51. The number of imide groups is 1. The van der Waals surface area contributed by atoms with Gasteiger partial charge in [-0.25, -0.2) is 4.79 Å². The second-order valence-corrected chi connectivity index (χ2v) is 6.85. The molecule has 1 spiro atoms. The van der Waals surface area contributed by atoms with Gasteiger partial charge in [-0.3, -0.25) is 15.0 Å². The van der Waals surface area contributed by atoms with E-state index < -0.39 is 35.5 Å². The third-order valence-electron chi connectivity index (χ3n) is 4.85. The van der Waals surface area contributed by atoms with E-state index in [4.69, 9.17) is 0 Å². The van der Waals surface area contributed by atoms with Crippen LogP contribution in [-0.4, -0.2) is 34.8 Å². The van der Waals surface area contributed by atoms with Crippen LogP contribution >= 0.6 is 0 Å². The van der Waals surface area contributed by atoms with Crippen molar-refractivity contribution in [1.82, 2.24) is 15.8 Å². The Kier molecular flexibility index (Phi) is 4.75. The van der Waals surface area contributed by atoms with Crippen LogP contribution in [0, 0.1) is 5.92 Å². The van der Waals surface area contributed by atoms with Gasteiger partial charge in [0.15, 0.2) is 0 Å². The van der Waals surface area contributed by atoms with E-state index in [0.717, 1.165) is 37.1 Å². The molecule has 7 nitrogen and oxygen atoms in total. The van der Waals surface area contributed by atoms with Crippen LogP contribution < -0.4 is 15.5 Å². The Balaban J connectivity index is 1.67. The number of rotatable bonds is 3. The van der Waals surface area contributed by atoms with Gasteiger partial charge in [-0.15, -0.1) is 13.2 Å². The molecule has 1 aliphatic carbocycles. The lowest BCUT2D eigenvalue weighted by atomic mass is 9.77. The van der Waals surface area contributed by atoms with Gasteiger partial charge in [0.2, 0.25) is 0 Å². The van der Waals surface area contributed by atoms with Gasteiger partial charge in [0, 0.05) is 5.56 Å². The molecule has 10 heteroatoms. The molecule has 0 bridgehead atoms. The van der Waals surface area contributed by atoms with Crippen LogP contribution in [0.2, 0.25) is 0 Å². The number of benzene rings is 1. The van der Waals surface area contributed by atoms with Crippen molar-refractivity contribution in [3.63, 3.8) is 0 Å². The topological polar surface area (TPSA) is 87.7 Å². The normalized spacial score (nSPS) is 25.5. The van der Waals surface area contributed by atoms with Gasteiger partial charge < -0.3 is 10.1 Å². The first-order valence-electron chi connectivity index (χ1n) is 8.43. The summed E-state index contributed by atoms with van der Waals surface area (Å²) in [5.74, 6) is -1.34. The van der Waals surface area contributed by atoms with Gasteiger partial charge in [-0.05, 0) is 55.9 Å². The highest BCUT2D eigenvalue weighted by Crippen LogP contribution is 2.35. The molecule has 1 aromatic rings. The predicted molar refractivity (Wildman–Crippen MR) is 86.3 cm³/mol. The second-order valence-electron chi connectivity index (χ2n) is 6.85. The molecule has 3 rings (SSSR count). The first kappa shape index (κ1) is 19.0. The maximum atomic E-state index is 12.7. The molecule has 0 radical (unpaired) electrons. The van der Waals surface area contributed by atoms with Crippen LogP contribution in [0.15, 0.2) is 24.3 Å². The van der Waals surface area contributed by atoms with Crippen molar-refractivity contribution in [3.8, 4) is 5.75 Å². The number of alkyl halides is 3. The summed E-state index contributed by atoms with van der Waals surface area (Å²) in [6.45, 7) is 2.07. The van der Waals surface area contributed by atoms with Crippen molar-refractivity contribution in [2.45, 2.75) is 44.5 Å². The smallest absolute Gasteiger partial charge is 0.406 e. The number of ether oxygens (including phenoxy) is 1. The van der Waals surface area contributed by atoms with Gasteiger partial charge in [-0.1, -0.05) is 6.92 Å². The van der Waals surface area contributed by atoms with Crippen molar-refractivity contribution in [1.29, 1.82) is 0 Å². The van der Waals surface area contributed by atoms with Gasteiger partial charge in [0.25, 0.3) is 11.8 Å². The monoisotopic (exact) mass is 385 g/mol. The molecule has 2 N–H and O–H groups in total. The third-order valence-corrected chi connectivity index (χ3v) is 4.85. The molecule has 1 saturated heterocycles. The van der Waals surface area contributed by atoms with E-state index >= 15 is 0 Å². The predicted octanol–water partition coefficient (Wildman–Crippen LogP) is 2.73. The van der Waals surface area contributed by atoms with E-state index in [9.17, 15) is 27.6 Å². The quantitative estimate of drug-likeness (QED) is 0.784. The number of amides is 4. The highest BCUT2D eigenvalue weighted by molar-refractivity contribution is 6.09. The van der Waals surface area contributed by atoms with Crippen molar-refractivity contribution in [2.24, 2.45) is 5.92 Å². The Morgan fingerprint density at radius 2 is 1.81 bits per heavy atom. The van der Waals surface area contributed by atoms with Crippen molar-refractivity contribution in [3.05, 3.63) is 29.8 Å². The van der Waals surface area contributed by atoms with Gasteiger partial charge in [0.1, 0.15) is 11.3 Å². The van der Waals surface area contributed by atoms with E-state index in [-0.39, 0.29) is 5.56 Å². The second kappa shape index (κ2) is 6.75. The SMILES string of the molecule is CC1CCC2(CC1)NC(=O)N(NC(=O)c1ccc(OC(F)(F)F)cc1)C2=O. The number of nitrogens with one attached hydrogen (secondary N) is 2. The molecule has 4 amide bonds. The Morgan fingerprint density at radius 1 is 1.22 bits per heavy atom. The molecule has 0 aromatic heterocycles. The summed E-state index contributed by atoms with van der Waals surface area (Å²) >= 11 is 0. The van der Waals surface area contributed by atoms with Gasteiger partial charge in [-0.2, -0.15) is 5.01 Å². The minimum Gasteiger partial charge on any atom is -0.406 e. The van der Waals surface area contributed by atoms with Crippen LogP contribution in [0.3, 0.4) is 0 Å². The van der Waals surface area contributed by atoms with Gasteiger partial charge >= 0.3 is 12.4 Å². The van der Waals surface area contributed by atoms with E-state index in [1.165, 1.54) is 0 Å². The molecular formula is C17H18F3N3O4. The minimum atomic E-state index is -4.84. The maximum absolute atomic E-state index is 12.7. The highest BCUT2D eigenvalue weighted by Gasteiger charge is 2.52. The van der Waals surface area contributed by atoms with E-state index in [1.807, 2.05) is 0 Å². The number of nitrogens with zero attached hydrogens (tertiary/aromatic N) is 1. The molecular weight excluding hydrogens is 367 g/mol. The van der Waals surface area contributed by atoms with Crippen LogP contribution in [0.4, 0.5) is 18.0 Å². The maximum Gasteiger partial charge on any atom is 0.573 e. The summed E-state index contributed by atoms with van der Waals surface area (Å²) < 4.78 is 40.2. The summed E-state index contributed by atoms with van der Waals surface area (Å²) in [7, 11) is 0. The zero-order valence-corrected chi connectivity index (χ0v) is 14.4. The average Bonchev–Trinajstić information content (AvgIpc) is 2.81. The minimum absolute atomic E-state index is 0.0247. The summed E-state index contributed by atoms with van der Waals surface area (Å²) in [4.78, 5) is 37.1. The number of carbonyl (C=O) groups is 3. The molecule has 146 valence electrons. The number of carbonyl (C=O) groups excluding carboxylic acids is 3. The Morgan fingerprint density at radius 3 is 2.37 bits per heavy atom. The number of urea groups is 1. The number of hydrogen-bond acceptors (Lipinski definition) is 4. The molecule has 2 fully saturated rings. The molecule has 1 aliphatic heterocycles. The molecule has 0 atom stereocenters. The molecule has 2 aliphatic rings. The third kappa shape index (κ3) is 3.99. The highest BCUT2D eigenvalue weighted by atomic mass is 19.4. The molecule has 27 heavy (non-hydrogen) atoms. The molecule has 1 saturated carbocycles. The standard InChI is InChI=1S/C17H18F3N3O4/c1-10-6-8-16(9-7-10)14(25)23(15(26)21-16)22-13(24)11-2-4-12(5-3-11)27-17(18,19)20/h2-5,10H,6-9H2,1H3,(H,21,26)(H,22,24). The average molecular weight is 385 g/mol. The number of hydrazine groups is 1. The lowest BCUT2D eigenvalue weighted by molar-refractivity contribution is -0.274. The van der Waals surface area contributed by atoms with E-state index in [2.05, 4.69) is 22.4 Å². The van der Waals surface area contributed by atoms with Crippen LogP contribution in [-0.2, 0) is 4.79 Å². The van der Waals surface area contributed by atoms with E-state index in [0.29, 0.717) is 23.8 Å². The lowest BCUT2D eigenvalue weighted by Gasteiger charge is -2.33. The fraction of sp³-hybridized carbons (Fsp3) is 0.471. The first-order valence-corrected chi connectivity index (χ1v) is 8.43. The van der Waals surface area contributed by atoms with Crippen LogP contribution in [0.5, 0.6) is 5.75 Å². The summed E-state index contributed by atoms with van der Waals surface area (Å²) in [5, 5.41) is 3.30. The van der Waals surface area contributed by atoms with Crippen molar-refractivity contribution in [2.75, 3.05) is 0 Å². The zero-order valence-electron chi connectivity index (χ0n) is 14.4. The Hall–Kier alpha value is -2.78. The van der Waals surface area contributed by atoms with Crippen molar-refractivity contribution < 1.29 is 32.3 Å². The molecule has 1 aromatic carbocycles. The first-order chi connectivity index (χ1) is 12.6. The molecule has 0 unspecified atom stereocenters. The number of hydrogen-bond donors (Lipinski definition) is 2. The fourth-order valence-electron chi connectivity index (χ4n) is 3.29. The largest absolute Gasteiger partial charge is 0.573 e. The fourth-order valence-corrected chi connectivity index (χ4v) is 3.29. The summed E-state index contributed by atoms with van der Waals surface area (Å²) in [6, 6.07) is 3.43. The van der Waals surface area contributed by atoms with Gasteiger partial charge in [0.05, 0.1) is 0 Å². The summed E-state index contributed by atoms with van der Waals surface area (Å²) in [6.07, 6.45) is -2.28. The van der Waals surface area contributed by atoms with Crippen LogP contribution in [0.25, 0.3) is 0 Å². The Bertz CT molecular complexity index is 756. The molecule has 1 heterocycles.